The summed E-state index contributed by atoms with van der Waals surface area (Å²) in [7, 11) is 0. The van der Waals surface area contributed by atoms with Crippen LogP contribution in [0.5, 0.6) is 5.75 Å². The number of phenolic OH excluding ortho intramolecular Hbond substituents is 1. The minimum absolute atomic E-state index is 0.0706. The van der Waals surface area contributed by atoms with Crippen LogP contribution in [-0.2, 0) is 23.7 Å². The smallest absolute Gasteiger partial charge is 0.123 e. The average molecular weight is 371 g/mol. The van der Waals surface area contributed by atoms with Gasteiger partial charge in [0.2, 0.25) is 0 Å². The molecule has 1 nitrogen and oxygen atoms in total. The van der Waals surface area contributed by atoms with E-state index in [2.05, 4.69) is 75.0 Å². The molecule has 1 N–H and O–H groups in total. The molecule has 27 heavy (non-hydrogen) atoms. The molecule has 0 fully saturated rings. The second-order valence-corrected chi connectivity index (χ2v) is 10.1. The topological polar surface area (TPSA) is 20.2 Å². The molecule has 0 spiro atoms. The van der Waals surface area contributed by atoms with Crippen molar-refractivity contribution in [2.24, 2.45) is 11.3 Å². The predicted molar refractivity (Wildman–Crippen MR) is 120 cm³/mol. The molecule has 2 rings (SSSR count). The maximum absolute atomic E-state index is 11.7. The molecular weight excluding hydrogens is 328 g/mol. The van der Waals surface area contributed by atoms with E-state index >= 15 is 0 Å². The van der Waals surface area contributed by atoms with Gasteiger partial charge in [-0.1, -0.05) is 81.4 Å². The maximum atomic E-state index is 11.7. The third kappa shape index (κ3) is 2.97. The Bertz CT molecular complexity index is 711. The zero-order valence-electron chi connectivity index (χ0n) is 19.3. The number of hydrogen-bond donors (Lipinski definition) is 1. The van der Waals surface area contributed by atoms with E-state index in [-0.39, 0.29) is 16.2 Å². The number of rotatable bonds is 5. The highest BCUT2D eigenvalue weighted by Gasteiger charge is 2.54. The summed E-state index contributed by atoms with van der Waals surface area (Å²) in [6.45, 7) is 24.8. The molecule has 1 unspecified atom stereocenters. The number of hydrogen-bond acceptors (Lipinski definition) is 1. The molecule has 0 aromatic heterocycles. The first-order valence-electron chi connectivity index (χ1n) is 11.0. The summed E-state index contributed by atoms with van der Waals surface area (Å²) < 4.78 is 0. The highest BCUT2D eigenvalue weighted by molar-refractivity contribution is 5.69. The van der Waals surface area contributed by atoms with Crippen LogP contribution in [0.25, 0.3) is 6.08 Å². The summed E-state index contributed by atoms with van der Waals surface area (Å²) in [4.78, 5) is 0. The van der Waals surface area contributed by atoms with Gasteiger partial charge in [0.1, 0.15) is 5.75 Å². The quantitative estimate of drug-likeness (QED) is 0.567. The first kappa shape index (κ1) is 22.1. The number of benzene rings is 1. The number of phenols is 1. The van der Waals surface area contributed by atoms with Gasteiger partial charge < -0.3 is 5.11 Å². The lowest BCUT2D eigenvalue weighted by atomic mass is 9.47. The van der Waals surface area contributed by atoms with Crippen LogP contribution in [0.4, 0.5) is 0 Å². The fourth-order valence-electron chi connectivity index (χ4n) is 6.62. The van der Waals surface area contributed by atoms with Crippen LogP contribution in [0.15, 0.2) is 6.58 Å². The number of aromatic hydroxyl groups is 1. The average Bonchev–Trinajstić information content (AvgIpc) is 2.59. The van der Waals surface area contributed by atoms with Crippen LogP contribution in [0.2, 0.25) is 0 Å². The van der Waals surface area contributed by atoms with Crippen LogP contribution in [0.1, 0.15) is 109 Å². The molecule has 1 aliphatic carbocycles. The van der Waals surface area contributed by atoms with E-state index in [9.17, 15) is 5.11 Å². The van der Waals surface area contributed by atoms with Gasteiger partial charge >= 0.3 is 0 Å². The van der Waals surface area contributed by atoms with Crippen molar-refractivity contribution < 1.29 is 5.11 Å². The normalized spacial score (nSPS) is 21.0. The number of fused-ring (bicyclic) bond motifs is 1. The van der Waals surface area contributed by atoms with Gasteiger partial charge in [-0.15, -0.1) is 0 Å². The Labute approximate surface area is 168 Å². The van der Waals surface area contributed by atoms with Crippen LogP contribution in [0, 0.1) is 11.3 Å². The Morgan fingerprint density at radius 3 is 2.04 bits per heavy atom. The minimum atomic E-state index is -0.0962. The van der Waals surface area contributed by atoms with E-state index in [4.69, 9.17) is 0 Å². The maximum Gasteiger partial charge on any atom is 0.123 e. The van der Waals surface area contributed by atoms with Crippen molar-refractivity contribution in [1.82, 2.24) is 0 Å². The molecular formula is C26H42O. The molecule has 1 aromatic carbocycles. The summed E-state index contributed by atoms with van der Waals surface area (Å²) in [5.41, 5.74) is 6.33. The molecule has 0 radical (unpaired) electrons. The van der Waals surface area contributed by atoms with Crippen molar-refractivity contribution in [3.8, 4) is 5.75 Å². The Morgan fingerprint density at radius 2 is 1.67 bits per heavy atom. The molecule has 0 heterocycles. The van der Waals surface area contributed by atoms with Crippen LogP contribution >= 0.6 is 0 Å². The van der Waals surface area contributed by atoms with Crippen molar-refractivity contribution in [1.29, 1.82) is 0 Å². The van der Waals surface area contributed by atoms with Crippen molar-refractivity contribution in [2.75, 3.05) is 0 Å². The summed E-state index contributed by atoms with van der Waals surface area (Å²) in [6, 6.07) is 0. The second kappa shape index (κ2) is 7.30. The van der Waals surface area contributed by atoms with Crippen LogP contribution < -0.4 is 0 Å². The molecule has 0 aliphatic heterocycles. The fourth-order valence-corrected chi connectivity index (χ4v) is 6.62. The van der Waals surface area contributed by atoms with E-state index in [1.165, 1.54) is 28.7 Å². The summed E-state index contributed by atoms with van der Waals surface area (Å²) in [5, 5.41) is 11.7. The molecule has 152 valence electrons. The SMILES string of the molecule is C=Cc1c(CC)c(C(C)(C)C)c(O)c2c1CC(CC)C(CC)(CC)C2(C)C. The molecule has 0 saturated carbocycles. The Morgan fingerprint density at radius 1 is 1.11 bits per heavy atom. The summed E-state index contributed by atoms with van der Waals surface area (Å²) >= 11 is 0. The van der Waals surface area contributed by atoms with E-state index in [1.54, 1.807) is 0 Å². The fraction of sp³-hybridized carbons (Fsp3) is 0.692. The van der Waals surface area contributed by atoms with Gasteiger partial charge in [0.05, 0.1) is 0 Å². The third-order valence-corrected chi connectivity index (χ3v) is 7.89. The minimum Gasteiger partial charge on any atom is -0.507 e. The van der Waals surface area contributed by atoms with Crippen molar-refractivity contribution in [2.45, 2.75) is 105 Å². The molecule has 0 bridgehead atoms. The predicted octanol–water partition coefficient (Wildman–Crippen LogP) is 7.56. The molecule has 1 atom stereocenters. The standard InChI is InChI=1S/C26H42O/c1-11-17-16-20-18(12-2)19(13-3)21(24(6,7)8)23(27)22(20)25(9,10)26(17,14-4)15-5/h12,17,27H,2,11,13-16H2,1,3-10H3. The molecule has 0 saturated heterocycles. The van der Waals surface area contributed by atoms with Gasteiger partial charge in [0, 0.05) is 11.1 Å². The summed E-state index contributed by atoms with van der Waals surface area (Å²) in [6.07, 6.45) is 7.53. The van der Waals surface area contributed by atoms with Gasteiger partial charge in [-0.25, -0.2) is 0 Å². The van der Waals surface area contributed by atoms with Gasteiger partial charge in [-0.05, 0) is 64.5 Å². The lowest BCUT2D eigenvalue weighted by molar-refractivity contribution is 0.0287. The highest BCUT2D eigenvalue weighted by atomic mass is 16.3. The van der Waals surface area contributed by atoms with Gasteiger partial charge in [-0.2, -0.15) is 0 Å². The Kier molecular flexibility index (Phi) is 5.96. The zero-order chi connectivity index (χ0) is 20.8. The van der Waals surface area contributed by atoms with Crippen molar-refractivity contribution in [3.63, 3.8) is 0 Å². The van der Waals surface area contributed by atoms with E-state index in [0.29, 0.717) is 11.7 Å². The van der Waals surface area contributed by atoms with Gasteiger partial charge in [-0.3, -0.25) is 0 Å². The van der Waals surface area contributed by atoms with Crippen LogP contribution in [0.3, 0.4) is 0 Å². The largest absolute Gasteiger partial charge is 0.507 e. The molecule has 1 aliphatic rings. The van der Waals surface area contributed by atoms with E-state index in [1.807, 2.05) is 0 Å². The lowest BCUT2D eigenvalue weighted by Crippen LogP contribution is -2.51. The lowest BCUT2D eigenvalue weighted by Gasteiger charge is -2.56. The monoisotopic (exact) mass is 370 g/mol. The highest BCUT2D eigenvalue weighted by Crippen LogP contribution is 2.61. The molecule has 1 heteroatoms. The zero-order valence-corrected chi connectivity index (χ0v) is 19.3. The second-order valence-electron chi connectivity index (χ2n) is 10.1. The van der Waals surface area contributed by atoms with E-state index in [0.717, 1.165) is 31.2 Å². The first-order valence-corrected chi connectivity index (χ1v) is 11.0. The molecule has 0 amide bonds. The van der Waals surface area contributed by atoms with E-state index < -0.39 is 0 Å². The Hall–Kier alpha value is -1.24. The van der Waals surface area contributed by atoms with Gasteiger partial charge in [0.25, 0.3) is 0 Å². The Balaban J connectivity index is 3.04. The van der Waals surface area contributed by atoms with Crippen molar-refractivity contribution >= 4 is 6.08 Å². The molecule has 1 aromatic rings. The van der Waals surface area contributed by atoms with Crippen molar-refractivity contribution in [3.05, 3.63) is 34.4 Å². The first-order chi connectivity index (χ1) is 12.5. The van der Waals surface area contributed by atoms with Gasteiger partial charge in [0.15, 0.2) is 0 Å². The summed E-state index contributed by atoms with van der Waals surface area (Å²) in [5.74, 6) is 1.20. The van der Waals surface area contributed by atoms with Crippen LogP contribution in [-0.4, -0.2) is 5.11 Å². The third-order valence-electron chi connectivity index (χ3n) is 7.89.